The van der Waals surface area contributed by atoms with E-state index in [9.17, 15) is 4.79 Å². The van der Waals surface area contributed by atoms with Crippen molar-refractivity contribution in [3.8, 4) is 5.69 Å². The smallest absolute Gasteiger partial charge is 0.273 e. The zero-order valence-corrected chi connectivity index (χ0v) is 14.4. The molecule has 1 N–H and O–H groups in total. The van der Waals surface area contributed by atoms with Crippen LogP contribution in [0.2, 0.25) is 0 Å². The van der Waals surface area contributed by atoms with Crippen molar-refractivity contribution < 1.29 is 4.79 Å². The van der Waals surface area contributed by atoms with Crippen LogP contribution in [0.25, 0.3) is 5.69 Å². The number of hydrogen-bond acceptors (Lipinski definition) is 4. The van der Waals surface area contributed by atoms with Gasteiger partial charge in [0, 0.05) is 19.0 Å². The standard InChI is InChI=1S/C18H25N5O/c1-3-22(4-2)13-12-19-18(24)16-17(14-10-11-14)23(21-20-16)15-8-6-5-7-9-15/h5-9,14H,3-4,10-13H2,1-2H3,(H,19,24). The van der Waals surface area contributed by atoms with Crippen LogP contribution in [0.5, 0.6) is 0 Å². The second-order valence-electron chi connectivity index (χ2n) is 6.13. The number of aromatic nitrogens is 3. The SMILES string of the molecule is CCN(CC)CCNC(=O)c1nnn(-c2ccccc2)c1C1CC1. The Labute approximate surface area is 142 Å². The number of carbonyl (C=O) groups is 1. The highest BCUT2D eigenvalue weighted by molar-refractivity contribution is 5.93. The summed E-state index contributed by atoms with van der Waals surface area (Å²) >= 11 is 0. The molecule has 0 atom stereocenters. The van der Waals surface area contributed by atoms with Crippen molar-refractivity contribution in [2.45, 2.75) is 32.6 Å². The van der Waals surface area contributed by atoms with Gasteiger partial charge in [-0.3, -0.25) is 4.79 Å². The highest BCUT2D eigenvalue weighted by atomic mass is 16.2. The average molecular weight is 327 g/mol. The van der Waals surface area contributed by atoms with Gasteiger partial charge in [0.2, 0.25) is 0 Å². The first-order chi connectivity index (χ1) is 11.7. The molecule has 0 aliphatic heterocycles. The van der Waals surface area contributed by atoms with Gasteiger partial charge in [0.05, 0.1) is 11.4 Å². The van der Waals surface area contributed by atoms with E-state index in [1.807, 2.05) is 35.0 Å². The monoisotopic (exact) mass is 327 g/mol. The third-order valence-electron chi connectivity index (χ3n) is 4.49. The molecule has 0 bridgehead atoms. The maximum atomic E-state index is 12.6. The number of hydrogen-bond donors (Lipinski definition) is 1. The number of likely N-dealkylation sites (N-methyl/N-ethyl adjacent to an activating group) is 1. The van der Waals surface area contributed by atoms with Crippen LogP contribution in [0.1, 0.15) is 48.8 Å². The summed E-state index contributed by atoms with van der Waals surface area (Å²) in [6.45, 7) is 7.71. The zero-order valence-electron chi connectivity index (χ0n) is 14.4. The molecular formula is C18H25N5O. The normalized spacial score (nSPS) is 14.1. The molecule has 128 valence electrons. The number of amides is 1. The van der Waals surface area contributed by atoms with Gasteiger partial charge in [-0.1, -0.05) is 37.3 Å². The molecule has 1 fully saturated rings. The number of para-hydroxylation sites is 1. The third kappa shape index (κ3) is 3.64. The number of nitrogens with zero attached hydrogens (tertiary/aromatic N) is 4. The van der Waals surface area contributed by atoms with Gasteiger partial charge in [0.25, 0.3) is 5.91 Å². The fourth-order valence-electron chi connectivity index (χ4n) is 2.88. The summed E-state index contributed by atoms with van der Waals surface area (Å²) in [5.74, 6) is 0.273. The molecule has 0 saturated heterocycles. The Bertz CT molecular complexity index is 674. The lowest BCUT2D eigenvalue weighted by Crippen LogP contribution is -2.35. The molecule has 1 aliphatic carbocycles. The predicted octanol–water partition coefficient (Wildman–Crippen LogP) is 2.22. The highest BCUT2D eigenvalue weighted by Crippen LogP contribution is 2.41. The first kappa shape index (κ1) is 16.6. The summed E-state index contributed by atoms with van der Waals surface area (Å²) in [4.78, 5) is 14.8. The minimum absolute atomic E-state index is 0.119. The van der Waals surface area contributed by atoms with E-state index in [1.165, 1.54) is 0 Å². The topological polar surface area (TPSA) is 63.1 Å². The summed E-state index contributed by atoms with van der Waals surface area (Å²) in [5, 5.41) is 11.4. The van der Waals surface area contributed by atoms with E-state index in [-0.39, 0.29) is 5.91 Å². The molecule has 3 rings (SSSR count). The van der Waals surface area contributed by atoms with Crippen LogP contribution in [-0.2, 0) is 0 Å². The molecule has 1 aromatic heterocycles. The summed E-state index contributed by atoms with van der Waals surface area (Å²) in [7, 11) is 0. The average Bonchev–Trinajstić information content (AvgIpc) is 3.37. The largest absolute Gasteiger partial charge is 0.349 e. The van der Waals surface area contributed by atoms with E-state index in [1.54, 1.807) is 0 Å². The fraction of sp³-hybridized carbons (Fsp3) is 0.500. The van der Waals surface area contributed by atoms with Crippen molar-refractivity contribution >= 4 is 5.91 Å². The van der Waals surface area contributed by atoms with Gasteiger partial charge in [-0.2, -0.15) is 0 Å². The van der Waals surface area contributed by atoms with Crippen molar-refractivity contribution in [3.63, 3.8) is 0 Å². The molecule has 1 aliphatic rings. The van der Waals surface area contributed by atoms with Crippen molar-refractivity contribution in [1.82, 2.24) is 25.2 Å². The lowest BCUT2D eigenvalue weighted by Gasteiger charge is -2.17. The Morgan fingerprint density at radius 2 is 1.96 bits per heavy atom. The van der Waals surface area contributed by atoms with Crippen LogP contribution in [0.4, 0.5) is 0 Å². The minimum Gasteiger partial charge on any atom is -0.349 e. The second-order valence-corrected chi connectivity index (χ2v) is 6.13. The molecule has 0 spiro atoms. The van der Waals surface area contributed by atoms with E-state index >= 15 is 0 Å². The van der Waals surface area contributed by atoms with Gasteiger partial charge in [-0.05, 0) is 38.1 Å². The van der Waals surface area contributed by atoms with E-state index in [0.717, 1.165) is 43.9 Å². The Balaban J connectivity index is 1.74. The Kier molecular flexibility index (Phi) is 5.25. The van der Waals surface area contributed by atoms with Crippen LogP contribution < -0.4 is 5.32 Å². The molecule has 24 heavy (non-hydrogen) atoms. The molecule has 1 aromatic carbocycles. The Hall–Kier alpha value is -2.21. The van der Waals surface area contributed by atoms with E-state index in [2.05, 4.69) is 34.4 Å². The number of rotatable bonds is 8. The molecule has 2 aromatic rings. The zero-order chi connectivity index (χ0) is 16.9. The molecule has 1 heterocycles. The van der Waals surface area contributed by atoms with Crippen LogP contribution in [-0.4, -0.2) is 52.0 Å². The first-order valence-electron chi connectivity index (χ1n) is 8.76. The number of carbonyl (C=O) groups excluding carboxylic acids is 1. The van der Waals surface area contributed by atoms with Crippen LogP contribution >= 0.6 is 0 Å². The van der Waals surface area contributed by atoms with Crippen LogP contribution in [0, 0.1) is 0 Å². The lowest BCUT2D eigenvalue weighted by molar-refractivity contribution is 0.0943. The van der Waals surface area contributed by atoms with Gasteiger partial charge in [0.1, 0.15) is 0 Å². The fourth-order valence-corrected chi connectivity index (χ4v) is 2.88. The molecule has 6 heteroatoms. The highest BCUT2D eigenvalue weighted by Gasteiger charge is 2.34. The summed E-state index contributed by atoms with van der Waals surface area (Å²) in [6.07, 6.45) is 2.19. The predicted molar refractivity (Wildman–Crippen MR) is 93.5 cm³/mol. The minimum atomic E-state index is -0.119. The van der Waals surface area contributed by atoms with Gasteiger partial charge >= 0.3 is 0 Å². The lowest BCUT2D eigenvalue weighted by atomic mass is 10.2. The van der Waals surface area contributed by atoms with Crippen LogP contribution in [0.15, 0.2) is 30.3 Å². The van der Waals surface area contributed by atoms with Gasteiger partial charge in [-0.15, -0.1) is 5.10 Å². The van der Waals surface area contributed by atoms with Crippen molar-refractivity contribution in [1.29, 1.82) is 0 Å². The van der Waals surface area contributed by atoms with Crippen molar-refractivity contribution in [2.24, 2.45) is 0 Å². The van der Waals surface area contributed by atoms with Crippen molar-refractivity contribution in [2.75, 3.05) is 26.2 Å². The Morgan fingerprint density at radius 3 is 2.58 bits per heavy atom. The van der Waals surface area contributed by atoms with Crippen molar-refractivity contribution in [3.05, 3.63) is 41.7 Å². The van der Waals surface area contributed by atoms with E-state index in [0.29, 0.717) is 18.2 Å². The molecular weight excluding hydrogens is 302 g/mol. The van der Waals surface area contributed by atoms with Gasteiger partial charge < -0.3 is 10.2 Å². The second kappa shape index (κ2) is 7.57. The molecule has 0 unspecified atom stereocenters. The Morgan fingerprint density at radius 1 is 1.25 bits per heavy atom. The van der Waals surface area contributed by atoms with Gasteiger partial charge in [-0.25, -0.2) is 4.68 Å². The first-order valence-corrected chi connectivity index (χ1v) is 8.76. The van der Waals surface area contributed by atoms with E-state index < -0.39 is 0 Å². The maximum absolute atomic E-state index is 12.6. The van der Waals surface area contributed by atoms with E-state index in [4.69, 9.17) is 0 Å². The summed E-state index contributed by atoms with van der Waals surface area (Å²) < 4.78 is 1.82. The number of benzene rings is 1. The van der Waals surface area contributed by atoms with Gasteiger partial charge in [0.15, 0.2) is 5.69 Å². The molecule has 0 radical (unpaired) electrons. The third-order valence-corrected chi connectivity index (χ3v) is 4.49. The molecule has 1 amide bonds. The summed E-state index contributed by atoms with van der Waals surface area (Å²) in [5.41, 5.74) is 2.37. The number of nitrogens with one attached hydrogen (secondary N) is 1. The quantitative estimate of drug-likeness (QED) is 0.807. The molecule has 1 saturated carbocycles. The molecule has 6 nitrogen and oxygen atoms in total. The van der Waals surface area contributed by atoms with Crippen LogP contribution in [0.3, 0.4) is 0 Å². The maximum Gasteiger partial charge on any atom is 0.273 e. The summed E-state index contributed by atoms with van der Waals surface area (Å²) in [6, 6.07) is 9.89.